The summed E-state index contributed by atoms with van der Waals surface area (Å²) in [6.45, 7) is 3.02. The van der Waals surface area contributed by atoms with Gasteiger partial charge in [0.15, 0.2) is 5.78 Å². The molecule has 0 spiro atoms. The minimum absolute atomic E-state index is 0.115. The fourth-order valence-corrected chi connectivity index (χ4v) is 2.55. The second-order valence-electron chi connectivity index (χ2n) is 5.11. The Morgan fingerprint density at radius 3 is 2.58 bits per heavy atom. The first kappa shape index (κ1) is 17.9. The molecule has 1 amide bonds. The number of esters is 1. The van der Waals surface area contributed by atoms with Crippen molar-refractivity contribution >= 4 is 39.4 Å². The Morgan fingerprint density at radius 2 is 2.04 bits per heavy atom. The van der Waals surface area contributed by atoms with E-state index in [1.807, 2.05) is 0 Å². The lowest BCUT2D eigenvalue weighted by atomic mass is 10.1. The maximum atomic E-state index is 12.2. The Balaban J connectivity index is 2.26. The van der Waals surface area contributed by atoms with Gasteiger partial charge in [0.2, 0.25) is 5.91 Å². The van der Waals surface area contributed by atoms with E-state index in [1.165, 1.54) is 14.0 Å². The number of ether oxygens (including phenoxy) is 1. The Morgan fingerprint density at radius 1 is 1.33 bits per heavy atom. The van der Waals surface area contributed by atoms with Crippen LogP contribution in [-0.2, 0) is 16.0 Å². The van der Waals surface area contributed by atoms with Crippen LogP contribution in [0.5, 0.6) is 0 Å². The third-order valence-corrected chi connectivity index (χ3v) is 3.87. The third-order valence-electron chi connectivity index (χ3n) is 3.40. The molecule has 2 rings (SSSR count). The van der Waals surface area contributed by atoms with E-state index in [1.54, 1.807) is 25.3 Å². The number of carbonyl (C=O) groups is 3. The molecule has 0 aromatic carbocycles. The number of ketones is 1. The maximum Gasteiger partial charge on any atom is 0.339 e. The molecule has 0 atom stereocenters. The van der Waals surface area contributed by atoms with Gasteiger partial charge in [-0.15, -0.1) is 0 Å². The second-order valence-corrected chi connectivity index (χ2v) is 6.03. The highest BCUT2D eigenvalue weighted by Gasteiger charge is 2.24. The normalized spacial score (nSPS) is 10.3. The number of nitrogens with one attached hydrogen (secondary N) is 2. The molecule has 0 saturated heterocycles. The minimum atomic E-state index is -0.596. The summed E-state index contributed by atoms with van der Waals surface area (Å²) in [4.78, 5) is 42.7. The van der Waals surface area contributed by atoms with Crippen molar-refractivity contribution in [2.75, 3.05) is 12.4 Å². The highest BCUT2D eigenvalue weighted by molar-refractivity contribution is 9.10. The molecular weight excluding hydrogens is 378 g/mol. The highest BCUT2D eigenvalue weighted by Crippen LogP contribution is 2.21. The van der Waals surface area contributed by atoms with Gasteiger partial charge in [-0.1, -0.05) is 0 Å². The predicted octanol–water partition coefficient (Wildman–Crippen LogP) is 2.65. The van der Waals surface area contributed by atoms with Crippen molar-refractivity contribution < 1.29 is 19.1 Å². The van der Waals surface area contributed by atoms with Crippen molar-refractivity contribution in [2.45, 2.75) is 20.3 Å². The molecule has 7 nitrogen and oxygen atoms in total. The third kappa shape index (κ3) is 3.88. The first-order valence-corrected chi connectivity index (χ1v) is 7.84. The molecule has 0 aliphatic heterocycles. The topological polar surface area (TPSA) is 101 Å². The molecule has 0 saturated carbocycles. The number of H-pyrrole nitrogens is 1. The summed E-state index contributed by atoms with van der Waals surface area (Å²) in [7, 11) is 1.25. The van der Waals surface area contributed by atoms with Crippen LogP contribution in [0.25, 0.3) is 0 Å². The number of carbonyl (C=O) groups excluding carboxylic acids is 3. The zero-order valence-corrected chi connectivity index (χ0v) is 15.0. The van der Waals surface area contributed by atoms with Crippen LogP contribution in [0, 0.1) is 6.92 Å². The van der Waals surface area contributed by atoms with Gasteiger partial charge >= 0.3 is 5.97 Å². The van der Waals surface area contributed by atoms with Crippen molar-refractivity contribution in [2.24, 2.45) is 0 Å². The number of hydrogen-bond donors (Lipinski definition) is 2. The number of pyridine rings is 1. The molecular formula is C16H16BrN3O4. The van der Waals surface area contributed by atoms with Crippen LogP contribution in [0.1, 0.15) is 39.0 Å². The molecule has 24 heavy (non-hydrogen) atoms. The van der Waals surface area contributed by atoms with E-state index in [2.05, 4.69) is 31.2 Å². The first-order valence-electron chi connectivity index (χ1n) is 7.05. The summed E-state index contributed by atoms with van der Waals surface area (Å²) < 4.78 is 5.54. The molecule has 0 bridgehead atoms. The minimum Gasteiger partial charge on any atom is -0.465 e. The number of amides is 1. The predicted molar refractivity (Wildman–Crippen MR) is 91.1 cm³/mol. The largest absolute Gasteiger partial charge is 0.465 e. The summed E-state index contributed by atoms with van der Waals surface area (Å²) >= 11 is 3.26. The van der Waals surface area contributed by atoms with Crippen LogP contribution in [0.3, 0.4) is 0 Å². The molecule has 0 aliphatic carbocycles. The lowest BCUT2D eigenvalue weighted by molar-refractivity contribution is -0.115. The molecule has 2 heterocycles. The molecule has 0 unspecified atom stereocenters. The molecule has 0 fully saturated rings. The van der Waals surface area contributed by atoms with Crippen LogP contribution in [0.4, 0.5) is 5.82 Å². The number of halogens is 1. The molecule has 2 aromatic rings. The average Bonchev–Trinajstić information content (AvgIpc) is 2.85. The highest BCUT2D eigenvalue weighted by atomic mass is 79.9. The van der Waals surface area contributed by atoms with Crippen LogP contribution in [0.15, 0.2) is 22.8 Å². The van der Waals surface area contributed by atoms with E-state index >= 15 is 0 Å². The standard InChI is InChI=1S/C16H16BrN3O4/c1-8-14(16(23)24-3)11(19-15(8)9(2)21)6-13(22)20-12-5-4-10(17)7-18-12/h4-5,7,19H,6H2,1-3H3,(H,18,20,22). The molecule has 8 heteroatoms. The quantitative estimate of drug-likeness (QED) is 0.600. The van der Waals surface area contributed by atoms with E-state index in [4.69, 9.17) is 4.74 Å². The number of aromatic amines is 1. The van der Waals surface area contributed by atoms with Gasteiger partial charge in [-0.2, -0.15) is 0 Å². The Bertz CT molecular complexity index is 796. The number of methoxy groups -OCH3 is 1. The smallest absolute Gasteiger partial charge is 0.339 e. The van der Waals surface area contributed by atoms with Crippen LogP contribution in [-0.4, -0.2) is 34.7 Å². The molecule has 0 radical (unpaired) electrons. The molecule has 126 valence electrons. The average molecular weight is 394 g/mol. The van der Waals surface area contributed by atoms with Crippen molar-refractivity contribution in [3.8, 4) is 0 Å². The zero-order chi connectivity index (χ0) is 17.9. The summed E-state index contributed by atoms with van der Waals surface area (Å²) in [5.41, 5.74) is 1.31. The lowest BCUT2D eigenvalue weighted by Crippen LogP contribution is -2.17. The monoisotopic (exact) mass is 393 g/mol. The Kier molecular flexibility index (Phi) is 5.50. The molecule has 2 N–H and O–H groups in total. The van der Waals surface area contributed by atoms with Gasteiger partial charge in [0, 0.05) is 23.3 Å². The number of aromatic nitrogens is 2. The number of hydrogen-bond acceptors (Lipinski definition) is 5. The number of anilines is 1. The van der Waals surface area contributed by atoms with E-state index in [9.17, 15) is 14.4 Å². The van der Waals surface area contributed by atoms with E-state index in [-0.39, 0.29) is 23.7 Å². The number of Topliss-reactive ketones (excluding diaryl/α,β-unsaturated/α-hetero) is 1. The zero-order valence-electron chi connectivity index (χ0n) is 13.4. The summed E-state index contributed by atoms with van der Waals surface area (Å²) in [6.07, 6.45) is 1.44. The lowest BCUT2D eigenvalue weighted by Gasteiger charge is -2.05. The van der Waals surface area contributed by atoms with Crippen LogP contribution >= 0.6 is 15.9 Å². The van der Waals surface area contributed by atoms with Gasteiger partial charge in [0.05, 0.1) is 24.8 Å². The fraction of sp³-hybridized carbons (Fsp3) is 0.250. The van der Waals surface area contributed by atoms with Gasteiger partial charge in [-0.05, 0) is 40.5 Å². The van der Waals surface area contributed by atoms with E-state index in [0.717, 1.165) is 4.47 Å². The van der Waals surface area contributed by atoms with E-state index in [0.29, 0.717) is 22.8 Å². The van der Waals surface area contributed by atoms with Gasteiger partial charge < -0.3 is 15.0 Å². The number of rotatable bonds is 5. The fourth-order valence-electron chi connectivity index (χ4n) is 2.32. The van der Waals surface area contributed by atoms with Crippen LogP contribution < -0.4 is 5.32 Å². The van der Waals surface area contributed by atoms with Crippen molar-refractivity contribution in [3.63, 3.8) is 0 Å². The van der Waals surface area contributed by atoms with Crippen molar-refractivity contribution in [3.05, 3.63) is 45.3 Å². The Labute approximate surface area is 146 Å². The van der Waals surface area contributed by atoms with Gasteiger partial charge in [0.25, 0.3) is 0 Å². The first-order chi connectivity index (χ1) is 11.3. The van der Waals surface area contributed by atoms with E-state index < -0.39 is 5.97 Å². The Hall–Kier alpha value is -2.48. The summed E-state index contributed by atoms with van der Waals surface area (Å²) in [6, 6.07) is 3.39. The summed E-state index contributed by atoms with van der Waals surface area (Å²) in [5.74, 6) is -0.802. The molecule has 0 aliphatic rings. The SMILES string of the molecule is COC(=O)c1c(CC(=O)Nc2ccc(Br)cn2)[nH]c(C(C)=O)c1C. The van der Waals surface area contributed by atoms with Crippen molar-refractivity contribution in [1.29, 1.82) is 0 Å². The molecule has 2 aromatic heterocycles. The number of nitrogens with zero attached hydrogens (tertiary/aromatic N) is 1. The van der Waals surface area contributed by atoms with Crippen molar-refractivity contribution in [1.82, 2.24) is 9.97 Å². The second kappa shape index (κ2) is 7.39. The van der Waals surface area contributed by atoms with Gasteiger partial charge in [0.1, 0.15) is 5.82 Å². The van der Waals surface area contributed by atoms with Gasteiger partial charge in [-0.3, -0.25) is 9.59 Å². The maximum absolute atomic E-state index is 12.2. The van der Waals surface area contributed by atoms with Crippen LogP contribution in [0.2, 0.25) is 0 Å². The van der Waals surface area contributed by atoms with Gasteiger partial charge in [-0.25, -0.2) is 9.78 Å². The summed E-state index contributed by atoms with van der Waals surface area (Å²) in [5, 5.41) is 2.63.